The molecular formula is C25H23N4OP. The third kappa shape index (κ3) is 3.81. The van der Waals surface area contributed by atoms with Crippen molar-refractivity contribution in [3.05, 3.63) is 89.1 Å². The van der Waals surface area contributed by atoms with Crippen LogP contribution in [0.3, 0.4) is 0 Å². The number of benzene rings is 3. The van der Waals surface area contributed by atoms with Gasteiger partial charge >= 0.3 is 0 Å². The first-order valence-electron chi connectivity index (χ1n) is 10.3. The minimum absolute atomic E-state index is 0.596. The lowest BCUT2D eigenvalue weighted by atomic mass is 10.1. The Morgan fingerprint density at radius 3 is 2.45 bits per heavy atom. The second-order valence-corrected chi connectivity index (χ2v) is 11.8. The lowest BCUT2D eigenvalue weighted by Gasteiger charge is -2.15. The summed E-state index contributed by atoms with van der Waals surface area (Å²) in [5, 5.41) is 16.2. The smallest absolute Gasteiger partial charge is 0.109 e. The van der Waals surface area contributed by atoms with Gasteiger partial charge in [0.05, 0.1) is 16.8 Å². The molecule has 0 unspecified atom stereocenters. The van der Waals surface area contributed by atoms with E-state index in [0.717, 1.165) is 47.1 Å². The van der Waals surface area contributed by atoms with Crippen LogP contribution in [-0.4, -0.2) is 28.0 Å². The number of rotatable bonds is 4. The minimum Gasteiger partial charge on any atom is -0.319 e. The number of fused-ring (bicyclic) bond motifs is 2. The van der Waals surface area contributed by atoms with Crippen molar-refractivity contribution >= 4 is 23.3 Å². The summed E-state index contributed by atoms with van der Waals surface area (Å²) in [6, 6.07) is 22.6. The molecule has 0 saturated heterocycles. The van der Waals surface area contributed by atoms with Crippen molar-refractivity contribution in [2.75, 3.05) is 13.3 Å². The molecular weight excluding hydrogens is 403 g/mol. The molecule has 6 heteroatoms. The predicted molar refractivity (Wildman–Crippen MR) is 124 cm³/mol. The first-order chi connectivity index (χ1) is 14.9. The highest BCUT2D eigenvalue weighted by atomic mass is 31.2. The van der Waals surface area contributed by atoms with Crippen LogP contribution in [0.25, 0.3) is 16.6 Å². The molecule has 1 aromatic heterocycles. The van der Waals surface area contributed by atoms with Gasteiger partial charge < -0.3 is 4.57 Å². The van der Waals surface area contributed by atoms with Crippen molar-refractivity contribution < 1.29 is 4.57 Å². The maximum atomic E-state index is 12.4. The quantitative estimate of drug-likeness (QED) is 0.445. The number of nitrogens with zero attached hydrogens (tertiary/aromatic N) is 4. The molecule has 1 aliphatic rings. The van der Waals surface area contributed by atoms with E-state index in [9.17, 15) is 9.83 Å². The largest absolute Gasteiger partial charge is 0.319 e. The van der Waals surface area contributed by atoms with E-state index in [1.165, 1.54) is 11.1 Å². The zero-order chi connectivity index (χ0) is 21.6. The van der Waals surface area contributed by atoms with Gasteiger partial charge in [-0.3, -0.25) is 4.90 Å². The summed E-state index contributed by atoms with van der Waals surface area (Å²) >= 11 is 0. The van der Waals surface area contributed by atoms with Crippen LogP contribution < -0.4 is 5.30 Å². The van der Waals surface area contributed by atoms with Crippen LogP contribution >= 0.6 is 7.14 Å². The van der Waals surface area contributed by atoms with E-state index in [-0.39, 0.29) is 0 Å². The first-order valence-corrected chi connectivity index (χ1v) is 12.9. The summed E-state index contributed by atoms with van der Waals surface area (Å²) in [5.74, 6) is 0. The van der Waals surface area contributed by atoms with E-state index in [1.54, 1.807) is 18.0 Å². The van der Waals surface area contributed by atoms with Gasteiger partial charge in [-0.2, -0.15) is 10.4 Å². The highest BCUT2D eigenvalue weighted by Crippen LogP contribution is 2.35. The molecule has 154 valence electrons. The molecule has 0 N–H and O–H groups in total. The number of nitriles is 1. The van der Waals surface area contributed by atoms with Crippen molar-refractivity contribution in [3.8, 4) is 11.8 Å². The Morgan fingerprint density at radius 2 is 1.77 bits per heavy atom. The first kappa shape index (κ1) is 19.8. The molecule has 0 amide bonds. The fourth-order valence-electron chi connectivity index (χ4n) is 4.21. The Labute approximate surface area is 181 Å². The van der Waals surface area contributed by atoms with Gasteiger partial charge in [-0.15, -0.1) is 0 Å². The molecule has 5 rings (SSSR count). The zero-order valence-corrected chi connectivity index (χ0v) is 18.5. The number of aromatic nitrogens is 2. The lowest BCUT2D eigenvalue weighted by molar-refractivity contribution is 0.275. The second kappa shape index (κ2) is 7.50. The van der Waals surface area contributed by atoms with Crippen LogP contribution in [0.2, 0.25) is 0 Å². The lowest BCUT2D eigenvalue weighted by Crippen LogP contribution is -2.15. The fraction of sp³-hybridized carbons (Fsp3) is 0.200. The summed E-state index contributed by atoms with van der Waals surface area (Å²) in [6.45, 7) is 6.19. The monoisotopic (exact) mass is 426 g/mol. The van der Waals surface area contributed by atoms with Gasteiger partial charge in [-0.25, -0.2) is 4.68 Å². The molecule has 0 atom stereocenters. The van der Waals surface area contributed by atoms with Gasteiger partial charge in [-0.05, 0) is 48.2 Å². The molecule has 2 heterocycles. The highest BCUT2D eigenvalue weighted by molar-refractivity contribution is 7.70. The summed E-state index contributed by atoms with van der Waals surface area (Å²) < 4.78 is 14.2. The maximum absolute atomic E-state index is 12.4. The van der Waals surface area contributed by atoms with Gasteiger partial charge in [0.2, 0.25) is 0 Å². The van der Waals surface area contributed by atoms with E-state index < -0.39 is 7.14 Å². The Hall–Kier alpha value is -3.19. The standard InChI is InChI=1S/C25H23N4OP/c1-31(2,30)23-9-8-21-17-29(27-24(21)12-23)25-10-7-18(11-22(25)13-26)14-28-15-19-5-3-4-6-20(19)16-28/h3-12,17H,14-16H2,1-2H3. The third-order valence-electron chi connectivity index (χ3n) is 5.85. The Balaban J connectivity index is 1.43. The van der Waals surface area contributed by atoms with Gasteiger partial charge in [-0.1, -0.05) is 42.5 Å². The van der Waals surface area contributed by atoms with Crippen LogP contribution in [0.4, 0.5) is 0 Å². The zero-order valence-electron chi connectivity index (χ0n) is 17.6. The van der Waals surface area contributed by atoms with Crippen LogP contribution in [0.1, 0.15) is 22.3 Å². The summed E-state index contributed by atoms with van der Waals surface area (Å²) in [5.41, 5.74) is 6.01. The van der Waals surface area contributed by atoms with Crippen LogP contribution in [0.15, 0.2) is 66.9 Å². The maximum Gasteiger partial charge on any atom is 0.109 e. The molecule has 0 saturated carbocycles. The molecule has 0 aliphatic carbocycles. The predicted octanol–water partition coefficient (Wildman–Crippen LogP) is 4.66. The highest BCUT2D eigenvalue weighted by Gasteiger charge is 2.19. The molecule has 0 fully saturated rings. The van der Waals surface area contributed by atoms with E-state index in [2.05, 4.69) is 46.4 Å². The van der Waals surface area contributed by atoms with Gasteiger partial charge in [0.1, 0.15) is 13.2 Å². The molecule has 0 spiro atoms. The average Bonchev–Trinajstić information content (AvgIpc) is 3.35. The molecule has 4 aromatic rings. The van der Waals surface area contributed by atoms with Crippen molar-refractivity contribution in [1.82, 2.24) is 14.7 Å². The Bertz CT molecular complexity index is 1370. The van der Waals surface area contributed by atoms with Crippen molar-refractivity contribution in [3.63, 3.8) is 0 Å². The molecule has 3 aromatic carbocycles. The normalized spacial score (nSPS) is 14.0. The topological polar surface area (TPSA) is 61.9 Å². The van der Waals surface area contributed by atoms with Crippen molar-refractivity contribution in [2.45, 2.75) is 19.6 Å². The summed E-state index contributed by atoms with van der Waals surface area (Å²) in [4.78, 5) is 2.39. The molecule has 0 radical (unpaired) electrons. The average molecular weight is 426 g/mol. The number of hydrogen-bond acceptors (Lipinski definition) is 4. The molecule has 0 bridgehead atoms. The van der Waals surface area contributed by atoms with Crippen molar-refractivity contribution in [1.29, 1.82) is 5.26 Å². The SMILES string of the molecule is CP(C)(=O)c1ccc2cn(-c3ccc(CN4Cc5ccccc5C4)cc3C#N)nc2c1. The van der Waals surface area contributed by atoms with Gasteiger partial charge in [0.25, 0.3) is 0 Å². The fourth-order valence-corrected chi connectivity index (χ4v) is 5.07. The Morgan fingerprint density at radius 1 is 1.03 bits per heavy atom. The molecule has 31 heavy (non-hydrogen) atoms. The molecule has 1 aliphatic heterocycles. The van der Waals surface area contributed by atoms with E-state index in [0.29, 0.717) is 5.56 Å². The number of hydrogen-bond donors (Lipinski definition) is 0. The third-order valence-corrected chi connectivity index (χ3v) is 7.38. The van der Waals surface area contributed by atoms with Crippen LogP contribution in [0.5, 0.6) is 0 Å². The minimum atomic E-state index is -2.35. The summed E-state index contributed by atoms with van der Waals surface area (Å²) in [6.07, 6.45) is 1.92. The Kier molecular flexibility index (Phi) is 4.78. The van der Waals surface area contributed by atoms with Crippen molar-refractivity contribution in [2.24, 2.45) is 0 Å². The van der Waals surface area contributed by atoms with E-state index in [4.69, 9.17) is 0 Å². The molecule has 5 nitrogen and oxygen atoms in total. The van der Waals surface area contributed by atoms with Crippen LogP contribution in [-0.2, 0) is 24.2 Å². The van der Waals surface area contributed by atoms with Crippen LogP contribution in [0, 0.1) is 11.3 Å². The van der Waals surface area contributed by atoms with E-state index in [1.807, 2.05) is 36.5 Å². The second-order valence-electron chi connectivity index (χ2n) is 8.54. The van der Waals surface area contributed by atoms with E-state index >= 15 is 0 Å². The van der Waals surface area contributed by atoms with Gasteiger partial charge in [0.15, 0.2) is 0 Å². The summed E-state index contributed by atoms with van der Waals surface area (Å²) in [7, 11) is -2.35. The van der Waals surface area contributed by atoms with Gasteiger partial charge in [0, 0.05) is 36.5 Å².